The van der Waals surface area contributed by atoms with E-state index in [2.05, 4.69) is 31.7 Å². The minimum absolute atomic E-state index is 0.224. The minimum atomic E-state index is -0.224. The van der Waals surface area contributed by atoms with Gasteiger partial charge in [-0.25, -0.2) is 9.37 Å². The van der Waals surface area contributed by atoms with Gasteiger partial charge in [-0.2, -0.15) is 4.98 Å². The van der Waals surface area contributed by atoms with E-state index in [1.165, 1.54) is 6.20 Å². The van der Waals surface area contributed by atoms with Crippen LogP contribution in [0.4, 0.5) is 16.2 Å². The van der Waals surface area contributed by atoms with Crippen LogP contribution in [0.3, 0.4) is 0 Å². The lowest BCUT2D eigenvalue weighted by Gasteiger charge is -2.37. The topological polar surface area (TPSA) is 57.6 Å². The summed E-state index contributed by atoms with van der Waals surface area (Å²) in [6, 6.07) is 4.16. The summed E-state index contributed by atoms with van der Waals surface area (Å²) in [6.07, 6.45) is 6.84. The number of piperidine rings is 1. The molecule has 0 bridgehead atoms. The Morgan fingerprint density at radius 2 is 1.93 bits per heavy atom. The molecule has 0 saturated carbocycles. The normalized spacial score (nSPS) is 19.0. The molecule has 150 valence electrons. The van der Waals surface area contributed by atoms with Crippen molar-refractivity contribution in [3.63, 3.8) is 0 Å². The monoisotopic (exact) mass is 386 g/mol. The Morgan fingerprint density at radius 3 is 2.68 bits per heavy atom. The minimum Gasteiger partial charge on any atom is -0.378 e. The Balaban J connectivity index is 1.35. The number of anilines is 2. The number of morpholine rings is 1. The number of rotatable bonds is 5. The third-order valence-corrected chi connectivity index (χ3v) is 5.64. The van der Waals surface area contributed by atoms with Crippen LogP contribution < -0.4 is 9.80 Å². The first-order valence-electron chi connectivity index (χ1n) is 9.90. The predicted octanol–water partition coefficient (Wildman–Crippen LogP) is 1.95. The molecule has 0 aliphatic carbocycles. The van der Waals surface area contributed by atoms with Crippen LogP contribution in [-0.4, -0.2) is 72.3 Å². The van der Waals surface area contributed by atoms with Crippen molar-refractivity contribution in [2.75, 3.05) is 56.2 Å². The van der Waals surface area contributed by atoms with Gasteiger partial charge in [-0.15, -0.1) is 0 Å². The largest absolute Gasteiger partial charge is 0.378 e. The molecule has 8 heteroatoms. The van der Waals surface area contributed by atoms with E-state index in [9.17, 15) is 4.39 Å². The summed E-state index contributed by atoms with van der Waals surface area (Å²) in [4.78, 5) is 19.8. The molecule has 4 heterocycles. The third-order valence-electron chi connectivity index (χ3n) is 5.64. The van der Waals surface area contributed by atoms with Crippen molar-refractivity contribution in [2.24, 2.45) is 0 Å². The van der Waals surface area contributed by atoms with Crippen molar-refractivity contribution in [3.05, 3.63) is 42.1 Å². The number of likely N-dealkylation sites (tertiary alicyclic amines) is 1. The zero-order valence-electron chi connectivity index (χ0n) is 16.3. The Bertz CT molecular complexity index is 777. The van der Waals surface area contributed by atoms with Gasteiger partial charge in [0.25, 0.3) is 0 Å². The number of hydrogen-bond acceptors (Lipinski definition) is 7. The van der Waals surface area contributed by atoms with Crippen LogP contribution in [0.2, 0.25) is 0 Å². The highest BCUT2D eigenvalue weighted by atomic mass is 19.1. The number of nitrogens with zero attached hydrogens (tertiary/aromatic N) is 6. The standard InChI is InChI=1S/C20H27FN6O/c1-25(19-3-7-23-20(24-19)27-10-12-28-13-11-27)17-4-8-26(9-5-17)15-16-2-6-22-14-18(16)21/h2-3,6-7,14,17H,4-5,8-13,15H2,1H3. The van der Waals surface area contributed by atoms with Gasteiger partial charge in [0, 0.05) is 63.8 Å². The van der Waals surface area contributed by atoms with Crippen molar-refractivity contribution in [1.29, 1.82) is 0 Å². The van der Waals surface area contributed by atoms with E-state index in [1.807, 2.05) is 12.3 Å². The van der Waals surface area contributed by atoms with Gasteiger partial charge in [-0.3, -0.25) is 9.88 Å². The molecule has 0 spiro atoms. The predicted molar refractivity (Wildman–Crippen MR) is 106 cm³/mol. The maximum atomic E-state index is 13.8. The molecule has 2 aromatic rings. The zero-order valence-corrected chi connectivity index (χ0v) is 16.3. The second-order valence-corrected chi connectivity index (χ2v) is 7.40. The van der Waals surface area contributed by atoms with Gasteiger partial charge in [0.05, 0.1) is 19.4 Å². The summed E-state index contributed by atoms with van der Waals surface area (Å²) in [5.74, 6) is 1.51. The fraction of sp³-hybridized carbons (Fsp3) is 0.550. The van der Waals surface area contributed by atoms with E-state index < -0.39 is 0 Å². The molecule has 2 aromatic heterocycles. The maximum absolute atomic E-state index is 13.8. The first kappa shape index (κ1) is 19.0. The van der Waals surface area contributed by atoms with E-state index in [0.29, 0.717) is 18.2 Å². The SMILES string of the molecule is CN(c1ccnc(N2CCOCC2)n1)C1CCN(Cc2ccncc2F)CC1. The van der Waals surface area contributed by atoms with Crippen LogP contribution in [0.1, 0.15) is 18.4 Å². The van der Waals surface area contributed by atoms with Crippen LogP contribution in [0.5, 0.6) is 0 Å². The molecule has 28 heavy (non-hydrogen) atoms. The van der Waals surface area contributed by atoms with Gasteiger partial charge in [0.1, 0.15) is 11.6 Å². The Morgan fingerprint density at radius 1 is 1.14 bits per heavy atom. The molecule has 0 radical (unpaired) electrons. The summed E-state index contributed by atoms with van der Waals surface area (Å²) in [6.45, 7) is 5.63. The smallest absolute Gasteiger partial charge is 0.227 e. The Hall–Kier alpha value is -2.32. The molecule has 0 aromatic carbocycles. The van der Waals surface area contributed by atoms with Gasteiger partial charge in [-0.05, 0) is 25.0 Å². The van der Waals surface area contributed by atoms with Crippen LogP contribution in [0.25, 0.3) is 0 Å². The van der Waals surface area contributed by atoms with Crippen LogP contribution in [0.15, 0.2) is 30.7 Å². The van der Waals surface area contributed by atoms with Crippen molar-refractivity contribution < 1.29 is 9.13 Å². The molecule has 0 amide bonds. The summed E-state index contributed by atoms with van der Waals surface area (Å²) in [5, 5.41) is 0. The van der Waals surface area contributed by atoms with Gasteiger partial charge in [0.2, 0.25) is 5.95 Å². The molecule has 2 fully saturated rings. The van der Waals surface area contributed by atoms with E-state index in [4.69, 9.17) is 9.72 Å². The summed E-state index contributed by atoms with van der Waals surface area (Å²) < 4.78 is 19.3. The Kier molecular flexibility index (Phi) is 5.97. The quantitative estimate of drug-likeness (QED) is 0.778. The number of halogens is 1. The van der Waals surface area contributed by atoms with Gasteiger partial charge >= 0.3 is 0 Å². The summed E-state index contributed by atoms with van der Waals surface area (Å²) >= 11 is 0. The van der Waals surface area contributed by atoms with Crippen LogP contribution in [-0.2, 0) is 11.3 Å². The molecule has 4 rings (SSSR count). The van der Waals surface area contributed by atoms with Crippen molar-refractivity contribution in [1.82, 2.24) is 19.9 Å². The summed E-state index contributed by atoms with van der Waals surface area (Å²) in [5.41, 5.74) is 0.716. The fourth-order valence-electron chi connectivity index (χ4n) is 3.88. The molecular formula is C20H27FN6O. The number of ether oxygens (including phenoxy) is 1. The molecule has 0 N–H and O–H groups in total. The molecule has 0 unspecified atom stereocenters. The van der Waals surface area contributed by atoms with Gasteiger partial charge < -0.3 is 14.5 Å². The number of aromatic nitrogens is 3. The lowest BCUT2D eigenvalue weighted by molar-refractivity contribution is 0.122. The average Bonchev–Trinajstić information content (AvgIpc) is 2.76. The highest BCUT2D eigenvalue weighted by Crippen LogP contribution is 2.23. The first-order valence-corrected chi connectivity index (χ1v) is 9.90. The van der Waals surface area contributed by atoms with E-state index >= 15 is 0 Å². The molecule has 7 nitrogen and oxygen atoms in total. The van der Waals surface area contributed by atoms with Crippen molar-refractivity contribution >= 4 is 11.8 Å². The highest BCUT2D eigenvalue weighted by Gasteiger charge is 2.24. The third kappa shape index (κ3) is 4.39. The van der Waals surface area contributed by atoms with E-state index in [1.54, 1.807) is 12.3 Å². The second-order valence-electron chi connectivity index (χ2n) is 7.40. The van der Waals surface area contributed by atoms with Crippen molar-refractivity contribution in [3.8, 4) is 0 Å². The maximum Gasteiger partial charge on any atom is 0.227 e. The number of hydrogen-bond donors (Lipinski definition) is 0. The number of pyridine rings is 1. The van der Waals surface area contributed by atoms with Crippen molar-refractivity contribution in [2.45, 2.75) is 25.4 Å². The van der Waals surface area contributed by atoms with E-state index in [-0.39, 0.29) is 5.82 Å². The van der Waals surface area contributed by atoms with Crippen LogP contribution >= 0.6 is 0 Å². The molecule has 2 saturated heterocycles. The molecule has 0 atom stereocenters. The zero-order chi connectivity index (χ0) is 19.3. The van der Waals surface area contributed by atoms with Gasteiger partial charge in [-0.1, -0.05) is 0 Å². The Labute approximate surface area is 165 Å². The lowest BCUT2D eigenvalue weighted by Crippen LogP contribution is -2.43. The van der Waals surface area contributed by atoms with Gasteiger partial charge in [0.15, 0.2) is 0 Å². The summed E-state index contributed by atoms with van der Waals surface area (Å²) in [7, 11) is 2.11. The second kappa shape index (κ2) is 8.79. The lowest BCUT2D eigenvalue weighted by atomic mass is 10.0. The highest BCUT2D eigenvalue weighted by molar-refractivity contribution is 5.44. The van der Waals surface area contributed by atoms with E-state index in [0.717, 1.165) is 64.0 Å². The molecule has 2 aliphatic rings. The average molecular weight is 386 g/mol. The molecule has 2 aliphatic heterocycles. The molecular weight excluding hydrogens is 359 g/mol. The van der Waals surface area contributed by atoms with Crippen LogP contribution in [0, 0.1) is 5.82 Å². The first-order chi connectivity index (χ1) is 13.7. The fourth-order valence-corrected chi connectivity index (χ4v) is 3.88.